The molecule has 4 aliphatic rings. The highest BCUT2D eigenvalue weighted by Gasteiger charge is 2.71. The SMILES string of the molecule is CC(C)c1nc(-c2cnc(N)c(OC(F)F)c2)cn1C12CC(N3CCOCC3)(C1)C2. The maximum absolute atomic E-state index is 12.7. The van der Waals surface area contributed by atoms with Gasteiger partial charge in [-0.25, -0.2) is 9.97 Å². The van der Waals surface area contributed by atoms with Gasteiger partial charge in [0.25, 0.3) is 0 Å². The molecule has 3 aliphatic carbocycles. The molecule has 2 aromatic rings. The highest BCUT2D eigenvalue weighted by atomic mass is 19.3. The first-order chi connectivity index (χ1) is 14.3. The summed E-state index contributed by atoms with van der Waals surface area (Å²) < 4.78 is 37.7. The summed E-state index contributed by atoms with van der Waals surface area (Å²) in [5.74, 6) is 1.06. The van der Waals surface area contributed by atoms with Crippen LogP contribution in [0, 0.1) is 0 Å². The van der Waals surface area contributed by atoms with Crippen LogP contribution in [0.25, 0.3) is 11.3 Å². The topological polar surface area (TPSA) is 78.4 Å². The summed E-state index contributed by atoms with van der Waals surface area (Å²) in [6.07, 6.45) is 6.96. The Morgan fingerprint density at radius 1 is 1.17 bits per heavy atom. The molecular formula is C21H27F2N5O2. The number of ether oxygens (including phenoxy) is 2. The summed E-state index contributed by atoms with van der Waals surface area (Å²) in [5.41, 5.74) is 7.42. The molecule has 30 heavy (non-hydrogen) atoms. The third kappa shape index (κ3) is 2.98. The van der Waals surface area contributed by atoms with E-state index in [1.807, 2.05) is 6.20 Å². The Labute approximate surface area is 174 Å². The zero-order valence-electron chi connectivity index (χ0n) is 17.3. The lowest BCUT2D eigenvalue weighted by Crippen LogP contribution is -2.79. The summed E-state index contributed by atoms with van der Waals surface area (Å²) >= 11 is 0. The van der Waals surface area contributed by atoms with Crippen LogP contribution in [0.3, 0.4) is 0 Å². The number of hydrogen-bond acceptors (Lipinski definition) is 6. The molecule has 162 valence electrons. The molecule has 0 aromatic carbocycles. The second-order valence-corrected chi connectivity index (χ2v) is 9.07. The van der Waals surface area contributed by atoms with Gasteiger partial charge < -0.3 is 19.8 Å². The number of imidazole rings is 1. The van der Waals surface area contributed by atoms with Gasteiger partial charge in [0.05, 0.1) is 24.4 Å². The van der Waals surface area contributed by atoms with Crippen LogP contribution >= 0.6 is 0 Å². The Morgan fingerprint density at radius 2 is 1.87 bits per heavy atom. The van der Waals surface area contributed by atoms with Crippen molar-refractivity contribution in [3.8, 4) is 17.0 Å². The molecule has 2 aromatic heterocycles. The number of halogens is 2. The summed E-state index contributed by atoms with van der Waals surface area (Å²) in [7, 11) is 0. The number of nitrogens with zero attached hydrogens (tertiary/aromatic N) is 4. The molecular weight excluding hydrogens is 392 g/mol. The second kappa shape index (κ2) is 6.88. The van der Waals surface area contributed by atoms with Crippen molar-refractivity contribution in [1.29, 1.82) is 0 Å². The van der Waals surface area contributed by atoms with E-state index in [0.29, 0.717) is 16.8 Å². The molecule has 9 heteroatoms. The van der Waals surface area contributed by atoms with Gasteiger partial charge >= 0.3 is 6.61 Å². The first kappa shape index (κ1) is 19.7. The van der Waals surface area contributed by atoms with Gasteiger partial charge in [0.2, 0.25) is 0 Å². The van der Waals surface area contributed by atoms with Crippen molar-refractivity contribution in [3.63, 3.8) is 0 Å². The van der Waals surface area contributed by atoms with E-state index < -0.39 is 6.61 Å². The van der Waals surface area contributed by atoms with E-state index in [1.54, 1.807) is 6.20 Å². The van der Waals surface area contributed by atoms with Crippen LogP contribution in [-0.4, -0.2) is 57.9 Å². The molecule has 2 bridgehead atoms. The molecule has 6 rings (SSSR count). The lowest BCUT2D eigenvalue weighted by atomic mass is 9.43. The van der Waals surface area contributed by atoms with Crippen molar-refractivity contribution >= 4 is 5.82 Å². The zero-order valence-corrected chi connectivity index (χ0v) is 17.3. The predicted molar refractivity (Wildman–Crippen MR) is 108 cm³/mol. The average molecular weight is 419 g/mol. The lowest BCUT2D eigenvalue weighted by Gasteiger charge is -2.74. The van der Waals surface area contributed by atoms with Gasteiger partial charge in [-0.1, -0.05) is 13.8 Å². The predicted octanol–water partition coefficient (Wildman–Crippen LogP) is 3.22. The van der Waals surface area contributed by atoms with E-state index in [9.17, 15) is 8.78 Å². The monoisotopic (exact) mass is 419 g/mol. The van der Waals surface area contributed by atoms with Crippen LogP contribution in [0.15, 0.2) is 18.5 Å². The maximum atomic E-state index is 12.7. The molecule has 1 aliphatic heterocycles. The number of pyridine rings is 1. The first-order valence-corrected chi connectivity index (χ1v) is 10.5. The van der Waals surface area contributed by atoms with Gasteiger partial charge in [0, 0.05) is 42.5 Å². The maximum Gasteiger partial charge on any atom is 0.387 e. The minimum Gasteiger partial charge on any atom is -0.431 e. The van der Waals surface area contributed by atoms with Crippen LogP contribution in [0.2, 0.25) is 0 Å². The van der Waals surface area contributed by atoms with Crippen LogP contribution in [0.1, 0.15) is 44.9 Å². The highest BCUT2D eigenvalue weighted by molar-refractivity contribution is 5.64. The van der Waals surface area contributed by atoms with E-state index in [0.717, 1.165) is 51.4 Å². The van der Waals surface area contributed by atoms with Crippen molar-refractivity contribution < 1.29 is 18.3 Å². The van der Waals surface area contributed by atoms with Gasteiger partial charge in [-0.3, -0.25) is 4.90 Å². The summed E-state index contributed by atoms with van der Waals surface area (Å²) in [4.78, 5) is 11.5. The molecule has 3 heterocycles. The fraction of sp³-hybridized carbons (Fsp3) is 0.619. The number of rotatable bonds is 6. The molecule has 0 spiro atoms. The van der Waals surface area contributed by atoms with Crippen molar-refractivity contribution in [2.24, 2.45) is 0 Å². The fourth-order valence-corrected chi connectivity index (χ4v) is 5.42. The Hall–Kier alpha value is -2.26. The molecule has 1 saturated heterocycles. The zero-order chi connectivity index (χ0) is 21.1. The standard InChI is InChI=1S/C21H27F2N5O2/c1-13(2)18-26-15(14-7-16(30-19(22)23)17(24)25-8-14)9-28(18)21-10-20(11-21,12-21)27-3-5-29-6-4-27/h7-9,13,19H,3-6,10-12H2,1-2H3,(H2,24,25). The molecule has 3 saturated carbocycles. The fourth-order valence-electron chi connectivity index (χ4n) is 5.42. The van der Waals surface area contributed by atoms with Crippen molar-refractivity contribution in [3.05, 3.63) is 24.3 Å². The molecule has 0 unspecified atom stereocenters. The Morgan fingerprint density at radius 3 is 2.50 bits per heavy atom. The van der Waals surface area contributed by atoms with E-state index in [2.05, 4.69) is 33.0 Å². The van der Waals surface area contributed by atoms with Crippen LogP contribution in [0.4, 0.5) is 14.6 Å². The normalized spacial score (nSPS) is 28.5. The van der Waals surface area contributed by atoms with Gasteiger partial charge in [0.15, 0.2) is 11.6 Å². The molecule has 0 atom stereocenters. The molecule has 2 N–H and O–H groups in total. The van der Waals surface area contributed by atoms with Gasteiger partial charge in [-0.05, 0) is 25.3 Å². The molecule has 0 amide bonds. The minimum atomic E-state index is -2.95. The largest absolute Gasteiger partial charge is 0.431 e. The van der Waals surface area contributed by atoms with Crippen molar-refractivity contribution in [2.45, 2.75) is 56.7 Å². The van der Waals surface area contributed by atoms with Crippen molar-refractivity contribution in [2.75, 3.05) is 32.0 Å². The smallest absolute Gasteiger partial charge is 0.387 e. The number of aromatic nitrogens is 3. The average Bonchev–Trinajstić information content (AvgIpc) is 3.07. The number of nitrogens with two attached hydrogens (primary N) is 1. The minimum absolute atomic E-state index is 0.0607. The first-order valence-electron chi connectivity index (χ1n) is 10.5. The van der Waals surface area contributed by atoms with Crippen LogP contribution in [0.5, 0.6) is 5.75 Å². The summed E-state index contributed by atoms with van der Waals surface area (Å²) in [5, 5.41) is 0. The quantitative estimate of drug-likeness (QED) is 0.775. The number of anilines is 1. The van der Waals surface area contributed by atoms with E-state index in [-0.39, 0.29) is 23.0 Å². The van der Waals surface area contributed by atoms with E-state index >= 15 is 0 Å². The number of hydrogen-bond donors (Lipinski definition) is 1. The Bertz CT molecular complexity index is 935. The van der Waals surface area contributed by atoms with Gasteiger partial charge in [-0.15, -0.1) is 0 Å². The van der Waals surface area contributed by atoms with Gasteiger partial charge in [-0.2, -0.15) is 8.78 Å². The van der Waals surface area contributed by atoms with Gasteiger partial charge in [0.1, 0.15) is 5.82 Å². The Balaban J connectivity index is 1.42. The Kier molecular flexibility index (Phi) is 4.52. The van der Waals surface area contributed by atoms with Crippen LogP contribution in [-0.2, 0) is 10.3 Å². The van der Waals surface area contributed by atoms with E-state index in [1.165, 1.54) is 6.07 Å². The summed E-state index contributed by atoms with van der Waals surface area (Å²) in [6, 6.07) is 1.49. The van der Waals surface area contributed by atoms with E-state index in [4.69, 9.17) is 15.5 Å². The third-order valence-electron chi connectivity index (χ3n) is 6.81. The lowest BCUT2D eigenvalue weighted by molar-refractivity contribution is -0.221. The molecule has 4 fully saturated rings. The van der Waals surface area contributed by atoms with Crippen molar-refractivity contribution in [1.82, 2.24) is 19.4 Å². The number of morpholine rings is 1. The second-order valence-electron chi connectivity index (χ2n) is 9.07. The third-order valence-corrected chi connectivity index (χ3v) is 6.81. The summed E-state index contributed by atoms with van der Waals surface area (Å²) in [6.45, 7) is 4.93. The number of nitrogen functional groups attached to an aromatic ring is 1. The van der Waals surface area contributed by atoms with Crippen LogP contribution < -0.4 is 10.5 Å². The molecule has 7 nitrogen and oxygen atoms in total. The highest BCUT2D eigenvalue weighted by Crippen LogP contribution is 2.68. The molecule has 0 radical (unpaired) electrons. The number of alkyl halides is 2.